The van der Waals surface area contributed by atoms with Crippen LogP contribution in [-0.2, 0) is 16.0 Å². The Balaban J connectivity index is 1.47. The largest absolute Gasteiger partial charge is 0.493 e. The lowest BCUT2D eigenvalue weighted by Crippen LogP contribution is -2.52. The van der Waals surface area contributed by atoms with Gasteiger partial charge in [0.05, 0.1) is 32.8 Å². The summed E-state index contributed by atoms with van der Waals surface area (Å²) in [4.78, 5) is 43.1. The Morgan fingerprint density at radius 2 is 1.70 bits per heavy atom. The quantitative estimate of drug-likeness (QED) is 0.667. The number of rotatable bonds is 5. The zero-order chi connectivity index (χ0) is 26.1. The van der Waals surface area contributed by atoms with E-state index in [0.717, 1.165) is 16.7 Å². The van der Waals surface area contributed by atoms with Crippen LogP contribution in [0.15, 0.2) is 36.4 Å². The van der Waals surface area contributed by atoms with Crippen LogP contribution < -0.4 is 14.8 Å². The van der Waals surface area contributed by atoms with Crippen LogP contribution in [-0.4, -0.2) is 74.2 Å². The predicted octanol–water partition coefficient (Wildman–Crippen LogP) is 3.28. The van der Waals surface area contributed by atoms with Crippen LogP contribution in [0, 0.1) is 0 Å². The summed E-state index contributed by atoms with van der Waals surface area (Å²) >= 11 is 0. The summed E-state index contributed by atoms with van der Waals surface area (Å²) in [5.74, 6) is 0.445. The van der Waals surface area contributed by atoms with E-state index >= 15 is 0 Å². The highest BCUT2D eigenvalue weighted by molar-refractivity contribution is 6.01. The van der Waals surface area contributed by atoms with Crippen LogP contribution in [0.4, 0.5) is 4.79 Å². The van der Waals surface area contributed by atoms with Crippen LogP contribution in [0.5, 0.6) is 11.5 Å². The Kier molecular flexibility index (Phi) is 6.95. The molecule has 196 valence electrons. The second kappa shape index (κ2) is 10.3. The van der Waals surface area contributed by atoms with Gasteiger partial charge in [-0.25, -0.2) is 4.79 Å². The molecule has 3 aliphatic heterocycles. The van der Waals surface area contributed by atoms with E-state index in [2.05, 4.69) is 5.32 Å². The van der Waals surface area contributed by atoms with Crippen molar-refractivity contribution in [2.24, 2.45) is 0 Å². The molecule has 0 bridgehead atoms. The second-order valence-corrected chi connectivity index (χ2v) is 9.63. The van der Waals surface area contributed by atoms with Gasteiger partial charge in [0.15, 0.2) is 11.5 Å². The Morgan fingerprint density at radius 3 is 2.41 bits per heavy atom. The maximum atomic E-state index is 14.0. The molecule has 0 aliphatic carbocycles. The number of hydrogen-bond donors (Lipinski definition) is 1. The van der Waals surface area contributed by atoms with Crippen molar-refractivity contribution in [1.82, 2.24) is 15.1 Å². The summed E-state index contributed by atoms with van der Waals surface area (Å²) in [6.07, 6.45) is 1.65. The van der Waals surface area contributed by atoms with Gasteiger partial charge >= 0.3 is 6.09 Å². The monoisotopic (exact) mass is 507 g/mol. The van der Waals surface area contributed by atoms with Gasteiger partial charge in [-0.3, -0.25) is 9.59 Å². The van der Waals surface area contributed by atoms with Crippen molar-refractivity contribution in [2.45, 2.75) is 44.2 Å². The minimum Gasteiger partial charge on any atom is -0.493 e. The number of carbonyl (C=O) groups is 3. The lowest BCUT2D eigenvalue weighted by molar-refractivity contribution is -0.125. The van der Waals surface area contributed by atoms with Gasteiger partial charge < -0.3 is 29.3 Å². The molecule has 2 aromatic carbocycles. The zero-order valence-electron chi connectivity index (χ0n) is 21.5. The molecule has 3 amide bonds. The predicted molar refractivity (Wildman–Crippen MR) is 136 cm³/mol. The minimum absolute atomic E-state index is 0.0622. The van der Waals surface area contributed by atoms with Gasteiger partial charge in [-0.15, -0.1) is 0 Å². The molecule has 3 heterocycles. The van der Waals surface area contributed by atoms with Gasteiger partial charge in [0, 0.05) is 31.2 Å². The lowest BCUT2D eigenvalue weighted by Gasteiger charge is -2.45. The Morgan fingerprint density at radius 1 is 1.00 bits per heavy atom. The molecule has 1 fully saturated rings. The molecule has 2 atom stereocenters. The molecule has 0 radical (unpaired) electrons. The first-order chi connectivity index (χ1) is 18.0. The van der Waals surface area contributed by atoms with Crippen LogP contribution >= 0.6 is 0 Å². The normalized spacial score (nSPS) is 20.9. The first-order valence-corrected chi connectivity index (χ1v) is 12.8. The van der Waals surface area contributed by atoms with E-state index in [9.17, 15) is 14.4 Å². The molecule has 2 aromatic rings. The van der Waals surface area contributed by atoms with Gasteiger partial charge in [0.2, 0.25) is 5.91 Å². The van der Waals surface area contributed by atoms with Gasteiger partial charge in [0.1, 0.15) is 0 Å². The maximum Gasteiger partial charge on any atom is 0.409 e. The SMILES string of the molecule is CCOC(=O)N1CCC(NC(=O)[C@@H]2c3ccccc3C(=O)N3CCc4cc(OC)c(OC)cc4[C@@H]23)CC1. The van der Waals surface area contributed by atoms with Crippen molar-refractivity contribution in [3.05, 3.63) is 58.7 Å². The molecule has 1 saturated heterocycles. The van der Waals surface area contributed by atoms with Crippen LogP contribution in [0.3, 0.4) is 0 Å². The molecule has 0 aromatic heterocycles. The number of ether oxygens (including phenoxy) is 3. The molecule has 9 heteroatoms. The van der Waals surface area contributed by atoms with Crippen LogP contribution in [0.2, 0.25) is 0 Å². The molecular weight excluding hydrogens is 474 g/mol. The summed E-state index contributed by atoms with van der Waals surface area (Å²) in [6, 6.07) is 10.7. The maximum absolute atomic E-state index is 14.0. The smallest absolute Gasteiger partial charge is 0.409 e. The molecule has 1 N–H and O–H groups in total. The van der Waals surface area contributed by atoms with Gasteiger partial charge in [0.25, 0.3) is 5.91 Å². The summed E-state index contributed by atoms with van der Waals surface area (Å²) in [6.45, 7) is 3.70. The second-order valence-electron chi connectivity index (χ2n) is 9.63. The van der Waals surface area contributed by atoms with Crippen molar-refractivity contribution in [1.29, 1.82) is 0 Å². The number of likely N-dealkylation sites (tertiary alicyclic amines) is 1. The van der Waals surface area contributed by atoms with E-state index in [0.29, 0.717) is 62.6 Å². The summed E-state index contributed by atoms with van der Waals surface area (Å²) in [5.41, 5.74) is 3.26. The highest BCUT2D eigenvalue weighted by atomic mass is 16.6. The standard InChI is InChI=1S/C28H33N3O6/c1-4-37-28(34)30-12-10-18(11-13-30)29-26(32)24-19-7-5-6-8-20(19)27(33)31-14-9-17-15-22(35-2)23(36-3)16-21(17)25(24)31/h5-8,15-16,18,24-25H,4,9-14H2,1-3H3,(H,29,32)/t24-,25+/m1/s1. The number of piperidine rings is 1. The topological polar surface area (TPSA) is 97.4 Å². The fraction of sp³-hybridized carbons (Fsp3) is 0.464. The molecule has 9 nitrogen and oxygen atoms in total. The van der Waals surface area contributed by atoms with Crippen LogP contribution in [0.25, 0.3) is 0 Å². The van der Waals surface area contributed by atoms with Crippen molar-refractivity contribution in [3.63, 3.8) is 0 Å². The highest BCUT2D eigenvalue weighted by Gasteiger charge is 2.47. The molecule has 3 aliphatic rings. The summed E-state index contributed by atoms with van der Waals surface area (Å²) in [7, 11) is 3.18. The van der Waals surface area contributed by atoms with Gasteiger partial charge in [-0.05, 0) is 61.1 Å². The Hall–Kier alpha value is -3.75. The lowest BCUT2D eigenvalue weighted by atomic mass is 9.75. The third-order valence-electron chi connectivity index (χ3n) is 7.67. The fourth-order valence-corrected chi connectivity index (χ4v) is 5.85. The molecule has 0 spiro atoms. The summed E-state index contributed by atoms with van der Waals surface area (Å²) < 4.78 is 16.2. The fourth-order valence-electron chi connectivity index (χ4n) is 5.85. The van der Waals surface area contributed by atoms with E-state index in [1.54, 1.807) is 32.1 Å². The number of fused-ring (bicyclic) bond motifs is 4. The number of hydrogen-bond acceptors (Lipinski definition) is 6. The molecule has 0 unspecified atom stereocenters. The Labute approximate surface area is 216 Å². The average Bonchev–Trinajstić information content (AvgIpc) is 2.92. The first kappa shape index (κ1) is 24.9. The van der Waals surface area contributed by atoms with E-state index < -0.39 is 12.0 Å². The van der Waals surface area contributed by atoms with Gasteiger partial charge in [-0.2, -0.15) is 0 Å². The number of methoxy groups -OCH3 is 2. The van der Waals surface area contributed by atoms with Crippen molar-refractivity contribution in [2.75, 3.05) is 40.5 Å². The van der Waals surface area contributed by atoms with Crippen molar-refractivity contribution < 1.29 is 28.6 Å². The minimum atomic E-state index is -0.575. The molecular formula is C28H33N3O6. The van der Waals surface area contributed by atoms with Crippen molar-refractivity contribution in [3.8, 4) is 11.5 Å². The third kappa shape index (κ3) is 4.47. The molecule has 37 heavy (non-hydrogen) atoms. The van der Waals surface area contributed by atoms with Gasteiger partial charge in [-0.1, -0.05) is 18.2 Å². The Bertz CT molecular complexity index is 1210. The number of benzene rings is 2. The van der Waals surface area contributed by atoms with E-state index in [1.807, 2.05) is 35.2 Å². The average molecular weight is 508 g/mol. The third-order valence-corrected chi connectivity index (χ3v) is 7.67. The van der Waals surface area contributed by atoms with E-state index in [-0.39, 0.29) is 23.9 Å². The molecule has 5 rings (SSSR count). The van der Waals surface area contributed by atoms with Crippen molar-refractivity contribution >= 4 is 17.9 Å². The van der Waals surface area contributed by atoms with E-state index in [1.165, 1.54) is 0 Å². The highest BCUT2D eigenvalue weighted by Crippen LogP contribution is 2.48. The summed E-state index contributed by atoms with van der Waals surface area (Å²) in [5, 5.41) is 3.24. The molecule has 0 saturated carbocycles. The number of nitrogens with zero attached hydrogens (tertiary/aromatic N) is 2. The number of carbonyl (C=O) groups excluding carboxylic acids is 3. The number of nitrogens with one attached hydrogen (secondary N) is 1. The van der Waals surface area contributed by atoms with E-state index in [4.69, 9.17) is 14.2 Å². The van der Waals surface area contributed by atoms with Crippen LogP contribution in [0.1, 0.15) is 58.8 Å². The number of amides is 3. The zero-order valence-corrected chi connectivity index (χ0v) is 21.5. The first-order valence-electron chi connectivity index (χ1n) is 12.8.